The molecular formula is C17H27NO. The van der Waals surface area contributed by atoms with Crippen molar-refractivity contribution in [3.63, 3.8) is 0 Å². The summed E-state index contributed by atoms with van der Waals surface area (Å²) in [4.78, 5) is 0. The van der Waals surface area contributed by atoms with Gasteiger partial charge in [-0.2, -0.15) is 0 Å². The molecule has 106 valence electrons. The highest BCUT2D eigenvalue weighted by Crippen LogP contribution is 2.31. The van der Waals surface area contributed by atoms with E-state index in [1.54, 1.807) is 7.11 Å². The second-order valence-corrected chi connectivity index (χ2v) is 5.61. The second kappa shape index (κ2) is 6.95. The van der Waals surface area contributed by atoms with E-state index >= 15 is 0 Å². The number of methoxy groups -OCH3 is 1. The molecule has 1 aliphatic carbocycles. The molecule has 0 bridgehead atoms. The average Bonchev–Trinajstić information content (AvgIpc) is 2.47. The summed E-state index contributed by atoms with van der Waals surface area (Å²) in [7, 11) is 1.75. The van der Waals surface area contributed by atoms with Crippen LogP contribution < -0.4 is 10.1 Å². The van der Waals surface area contributed by atoms with Crippen molar-refractivity contribution < 1.29 is 4.74 Å². The first-order valence-corrected chi connectivity index (χ1v) is 7.67. The third-order valence-corrected chi connectivity index (χ3v) is 4.35. The Kier molecular flexibility index (Phi) is 5.26. The zero-order chi connectivity index (χ0) is 13.7. The first-order valence-electron chi connectivity index (χ1n) is 7.67. The van der Waals surface area contributed by atoms with Crippen molar-refractivity contribution in [3.05, 3.63) is 29.3 Å². The zero-order valence-corrected chi connectivity index (χ0v) is 12.5. The van der Waals surface area contributed by atoms with Gasteiger partial charge in [-0.3, -0.25) is 0 Å². The molecule has 0 spiro atoms. The van der Waals surface area contributed by atoms with E-state index in [9.17, 15) is 0 Å². The Morgan fingerprint density at radius 3 is 2.84 bits per heavy atom. The van der Waals surface area contributed by atoms with Crippen LogP contribution in [0, 0.1) is 5.92 Å². The van der Waals surface area contributed by atoms with E-state index in [-0.39, 0.29) is 0 Å². The maximum absolute atomic E-state index is 5.35. The lowest BCUT2D eigenvalue weighted by Gasteiger charge is -2.32. The standard InChI is InChI=1S/C17H27NO/c1-4-10-18-17(5-2)14-7-6-13-8-9-16(19-3)12-15(13)11-14/h8-9,12,14,17-18H,4-7,10-11H2,1-3H3. The summed E-state index contributed by atoms with van der Waals surface area (Å²) < 4.78 is 5.35. The third-order valence-electron chi connectivity index (χ3n) is 4.35. The van der Waals surface area contributed by atoms with Crippen LogP contribution in [0.5, 0.6) is 5.75 Å². The molecule has 1 aliphatic rings. The number of benzene rings is 1. The van der Waals surface area contributed by atoms with Crippen LogP contribution in [0.3, 0.4) is 0 Å². The molecule has 2 nitrogen and oxygen atoms in total. The first kappa shape index (κ1) is 14.4. The van der Waals surface area contributed by atoms with Crippen LogP contribution in [0.15, 0.2) is 18.2 Å². The van der Waals surface area contributed by atoms with Crippen molar-refractivity contribution in [1.82, 2.24) is 5.32 Å². The van der Waals surface area contributed by atoms with Crippen LogP contribution in [-0.2, 0) is 12.8 Å². The van der Waals surface area contributed by atoms with Crippen LogP contribution in [-0.4, -0.2) is 19.7 Å². The molecule has 0 radical (unpaired) electrons. The molecular weight excluding hydrogens is 234 g/mol. The van der Waals surface area contributed by atoms with Crippen molar-refractivity contribution >= 4 is 0 Å². The predicted octanol–water partition coefficient (Wildman–Crippen LogP) is 3.58. The summed E-state index contributed by atoms with van der Waals surface area (Å²) in [5.74, 6) is 1.77. The fraction of sp³-hybridized carbons (Fsp3) is 0.647. The Morgan fingerprint density at radius 2 is 2.16 bits per heavy atom. The largest absolute Gasteiger partial charge is 0.497 e. The maximum atomic E-state index is 5.35. The molecule has 1 aromatic rings. The zero-order valence-electron chi connectivity index (χ0n) is 12.5. The van der Waals surface area contributed by atoms with E-state index in [2.05, 4.69) is 37.4 Å². The van der Waals surface area contributed by atoms with Gasteiger partial charge in [0, 0.05) is 6.04 Å². The van der Waals surface area contributed by atoms with Gasteiger partial charge in [0.25, 0.3) is 0 Å². The fourth-order valence-electron chi connectivity index (χ4n) is 3.21. The van der Waals surface area contributed by atoms with Gasteiger partial charge in [0.1, 0.15) is 5.75 Å². The molecule has 1 N–H and O–H groups in total. The molecule has 0 fully saturated rings. The van der Waals surface area contributed by atoms with Gasteiger partial charge in [-0.15, -0.1) is 0 Å². The predicted molar refractivity (Wildman–Crippen MR) is 80.9 cm³/mol. The first-order chi connectivity index (χ1) is 9.28. The molecule has 2 rings (SSSR count). The number of fused-ring (bicyclic) bond motifs is 1. The van der Waals surface area contributed by atoms with Crippen LogP contribution in [0.2, 0.25) is 0 Å². The number of ether oxygens (including phenoxy) is 1. The lowest BCUT2D eigenvalue weighted by molar-refractivity contribution is 0.312. The monoisotopic (exact) mass is 261 g/mol. The van der Waals surface area contributed by atoms with Crippen molar-refractivity contribution in [1.29, 1.82) is 0 Å². The van der Waals surface area contributed by atoms with Gasteiger partial charge >= 0.3 is 0 Å². The maximum Gasteiger partial charge on any atom is 0.119 e. The Bertz CT molecular complexity index is 402. The normalized spacial score (nSPS) is 19.8. The van der Waals surface area contributed by atoms with Gasteiger partial charge in [-0.05, 0) is 67.8 Å². The van der Waals surface area contributed by atoms with E-state index < -0.39 is 0 Å². The molecule has 2 heteroatoms. The molecule has 2 unspecified atom stereocenters. The summed E-state index contributed by atoms with van der Waals surface area (Å²) in [5, 5.41) is 3.72. The van der Waals surface area contributed by atoms with E-state index in [0.29, 0.717) is 6.04 Å². The number of hydrogen-bond donors (Lipinski definition) is 1. The van der Waals surface area contributed by atoms with Gasteiger partial charge in [0.2, 0.25) is 0 Å². The summed E-state index contributed by atoms with van der Waals surface area (Å²) in [5.41, 5.74) is 3.01. The minimum absolute atomic E-state index is 0.666. The van der Waals surface area contributed by atoms with Gasteiger partial charge in [-0.1, -0.05) is 19.9 Å². The number of rotatable bonds is 6. The number of nitrogens with one attached hydrogen (secondary N) is 1. The van der Waals surface area contributed by atoms with E-state index in [0.717, 1.165) is 18.2 Å². The van der Waals surface area contributed by atoms with E-state index in [1.165, 1.54) is 43.2 Å². The third kappa shape index (κ3) is 3.50. The molecule has 0 aliphatic heterocycles. The molecule has 0 aromatic heterocycles. The highest BCUT2D eigenvalue weighted by atomic mass is 16.5. The van der Waals surface area contributed by atoms with E-state index in [4.69, 9.17) is 4.74 Å². The van der Waals surface area contributed by atoms with Crippen LogP contribution in [0.25, 0.3) is 0 Å². The minimum atomic E-state index is 0.666. The van der Waals surface area contributed by atoms with E-state index in [1.807, 2.05) is 0 Å². The Hall–Kier alpha value is -1.02. The van der Waals surface area contributed by atoms with Gasteiger partial charge < -0.3 is 10.1 Å². The highest BCUT2D eigenvalue weighted by molar-refractivity contribution is 5.37. The Morgan fingerprint density at radius 1 is 1.32 bits per heavy atom. The topological polar surface area (TPSA) is 21.3 Å². The summed E-state index contributed by atoms with van der Waals surface area (Å²) >= 11 is 0. The molecule has 0 amide bonds. The Labute approximate surface area is 117 Å². The van der Waals surface area contributed by atoms with Crippen molar-refractivity contribution in [2.75, 3.05) is 13.7 Å². The molecule has 0 saturated carbocycles. The van der Waals surface area contributed by atoms with Crippen LogP contribution in [0.1, 0.15) is 44.2 Å². The van der Waals surface area contributed by atoms with Crippen molar-refractivity contribution in [3.8, 4) is 5.75 Å². The summed E-state index contributed by atoms with van der Waals surface area (Å²) in [6.07, 6.45) is 6.17. The number of hydrogen-bond acceptors (Lipinski definition) is 2. The summed E-state index contributed by atoms with van der Waals surface area (Å²) in [6, 6.07) is 7.23. The average molecular weight is 261 g/mol. The van der Waals surface area contributed by atoms with Crippen molar-refractivity contribution in [2.24, 2.45) is 5.92 Å². The quantitative estimate of drug-likeness (QED) is 0.845. The number of aryl methyl sites for hydroxylation is 1. The molecule has 19 heavy (non-hydrogen) atoms. The van der Waals surface area contributed by atoms with Crippen LogP contribution in [0.4, 0.5) is 0 Å². The summed E-state index contributed by atoms with van der Waals surface area (Å²) in [6.45, 7) is 5.68. The lowest BCUT2D eigenvalue weighted by atomic mass is 9.79. The minimum Gasteiger partial charge on any atom is -0.497 e. The molecule has 0 saturated heterocycles. The lowest BCUT2D eigenvalue weighted by Crippen LogP contribution is -2.38. The van der Waals surface area contributed by atoms with Gasteiger partial charge in [0.15, 0.2) is 0 Å². The van der Waals surface area contributed by atoms with Crippen molar-refractivity contribution in [2.45, 2.75) is 52.0 Å². The molecule has 1 aromatic carbocycles. The fourth-order valence-corrected chi connectivity index (χ4v) is 3.21. The Balaban J connectivity index is 2.06. The second-order valence-electron chi connectivity index (χ2n) is 5.61. The smallest absolute Gasteiger partial charge is 0.119 e. The van der Waals surface area contributed by atoms with Crippen LogP contribution >= 0.6 is 0 Å². The molecule has 2 atom stereocenters. The van der Waals surface area contributed by atoms with Gasteiger partial charge in [0.05, 0.1) is 7.11 Å². The molecule has 0 heterocycles. The highest BCUT2D eigenvalue weighted by Gasteiger charge is 2.25. The van der Waals surface area contributed by atoms with Gasteiger partial charge in [-0.25, -0.2) is 0 Å². The SMILES string of the molecule is CCCNC(CC)C1CCc2ccc(OC)cc2C1.